The molecule has 9 heteroatoms. The van der Waals surface area contributed by atoms with Gasteiger partial charge in [-0.3, -0.25) is 25.2 Å². The molecule has 7 nitrogen and oxygen atoms in total. The molecule has 0 bridgehead atoms. The maximum absolute atomic E-state index is 12.0. The molecule has 2 aromatic rings. The predicted molar refractivity (Wildman–Crippen MR) is 114 cm³/mol. The van der Waals surface area contributed by atoms with Crippen molar-refractivity contribution in [3.05, 3.63) is 63.6 Å². The Morgan fingerprint density at radius 2 is 1.83 bits per heavy atom. The lowest BCUT2D eigenvalue weighted by atomic mass is 10.2. The van der Waals surface area contributed by atoms with Crippen molar-refractivity contribution >= 4 is 45.3 Å². The number of rotatable bonds is 8. The van der Waals surface area contributed by atoms with Gasteiger partial charge in [-0.2, -0.15) is 0 Å². The van der Waals surface area contributed by atoms with Gasteiger partial charge in [0.25, 0.3) is 11.8 Å². The monoisotopic (exact) mass is 481 g/mol. The highest BCUT2D eigenvalue weighted by atomic mass is 79.9. The van der Waals surface area contributed by atoms with Crippen LogP contribution in [0.2, 0.25) is 5.02 Å². The molecule has 154 valence electrons. The van der Waals surface area contributed by atoms with Crippen molar-refractivity contribution in [3.63, 3.8) is 0 Å². The molecule has 3 N–H and O–H groups in total. The van der Waals surface area contributed by atoms with Crippen LogP contribution in [0.25, 0.3) is 0 Å². The Hall–Kier alpha value is -2.58. The van der Waals surface area contributed by atoms with E-state index in [0.29, 0.717) is 29.3 Å². The molecule has 0 aliphatic carbocycles. The SMILES string of the molecule is CC(Oc1cccc(Br)c1)C(=O)NNC(=O)CCCNC(=O)c1ccc(Cl)cc1. The van der Waals surface area contributed by atoms with Crippen LogP contribution in [0.1, 0.15) is 30.1 Å². The minimum atomic E-state index is -0.789. The van der Waals surface area contributed by atoms with E-state index >= 15 is 0 Å². The molecule has 0 aromatic heterocycles. The number of hydrogen-bond acceptors (Lipinski definition) is 4. The lowest BCUT2D eigenvalue weighted by Crippen LogP contribution is -2.47. The molecule has 0 radical (unpaired) electrons. The van der Waals surface area contributed by atoms with Gasteiger partial charge in [0.15, 0.2) is 6.10 Å². The van der Waals surface area contributed by atoms with Crippen LogP contribution in [0.15, 0.2) is 53.0 Å². The number of amides is 3. The van der Waals surface area contributed by atoms with E-state index in [0.717, 1.165) is 4.47 Å². The number of hydrazine groups is 1. The molecular formula is C20H21BrClN3O4. The number of carbonyl (C=O) groups is 3. The number of halogens is 2. The Bertz CT molecular complexity index is 861. The second kappa shape index (κ2) is 11.4. The van der Waals surface area contributed by atoms with Gasteiger partial charge in [-0.25, -0.2) is 0 Å². The van der Waals surface area contributed by atoms with Gasteiger partial charge in [0.05, 0.1) is 0 Å². The van der Waals surface area contributed by atoms with Gasteiger partial charge >= 0.3 is 0 Å². The average molecular weight is 483 g/mol. The summed E-state index contributed by atoms with van der Waals surface area (Å²) in [6, 6.07) is 13.6. The minimum absolute atomic E-state index is 0.141. The molecule has 3 amide bonds. The fraction of sp³-hybridized carbons (Fsp3) is 0.250. The Morgan fingerprint density at radius 3 is 2.52 bits per heavy atom. The normalized spacial score (nSPS) is 11.3. The summed E-state index contributed by atoms with van der Waals surface area (Å²) < 4.78 is 6.35. The molecule has 2 rings (SSSR count). The first kappa shape index (κ1) is 22.7. The lowest BCUT2D eigenvalue weighted by molar-refractivity contribution is -0.132. The van der Waals surface area contributed by atoms with Gasteiger partial charge in [0.2, 0.25) is 5.91 Å². The third-order valence-electron chi connectivity index (χ3n) is 3.78. The quantitative estimate of drug-likeness (QED) is 0.398. The summed E-state index contributed by atoms with van der Waals surface area (Å²) in [4.78, 5) is 35.8. The zero-order chi connectivity index (χ0) is 21.2. The fourth-order valence-electron chi connectivity index (χ4n) is 2.25. The van der Waals surface area contributed by atoms with Crippen LogP contribution >= 0.6 is 27.5 Å². The number of carbonyl (C=O) groups excluding carboxylic acids is 3. The van der Waals surface area contributed by atoms with E-state index in [4.69, 9.17) is 16.3 Å². The van der Waals surface area contributed by atoms with Gasteiger partial charge in [0, 0.05) is 28.0 Å². The van der Waals surface area contributed by atoms with Crippen LogP contribution in [-0.4, -0.2) is 30.4 Å². The van der Waals surface area contributed by atoms with Gasteiger partial charge in [0.1, 0.15) is 5.75 Å². The summed E-state index contributed by atoms with van der Waals surface area (Å²) in [6.07, 6.45) is -0.226. The van der Waals surface area contributed by atoms with E-state index < -0.39 is 12.0 Å². The number of hydrogen-bond donors (Lipinski definition) is 3. The Labute approximate surface area is 182 Å². The average Bonchev–Trinajstić information content (AvgIpc) is 2.69. The van der Waals surface area contributed by atoms with Crippen molar-refractivity contribution in [2.75, 3.05) is 6.54 Å². The first-order valence-electron chi connectivity index (χ1n) is 8.90. The molecule has 29 heavy (non-hydrogen) atoms. The smallest absolute Gasteiger partial charge is 0.279 e. The van der Waals surface area contributed by atoms with Crippen LogP contribution in [0, 0.1) is 0 Å². The summed E-state index contributed by atoms with van der Waals surface area (Å²) in [7, 11) is 0. The van der Waals surface area contributed by atoms with E-state index in [9.17, 15) is 14.4 Å². The second-order valence-corrected chi connectivity index (χ2v) is 7.47. The van der Waals surface area contributed by atoms with E-state index in [1.54, 1.807) is 49.4 Å². The highest BCUT2D eigenvalue weighted by molar-refractivity contribution is 9.10. The maximum Gasteiger partial charge on any atom is 0.279 e. The summed E-state index contributed by atoms with van der Waals surface area (Å²) >= 11 is 9.10. The molecule has 2 aromatic carbocycles. The predicted octanol–water partition coefficient (Wildman–Crippen LogP) is 3.23. The molecule has 0 saturated carbocycles. The van der Waals surface area contributed by atoms with Crippen LogP contribution in [-0.2, 0) is 9.59 Å². The van der Waals surface area contributed by atoms with E-state index in [-0.39, 0.29) is 18.2 Å². The van der Waals surface area contributed by atoms with Crippen molar-refractivity contribution in [3.8, 4) is 5.75 Å². The fourth-order valence-corrected chi connectivity index (χ4v) is 2.75. The Kier molecular flexibility index (Phi) is 8.95. The van der Waals surface area contributed by atoms with Crippen molar-refractivity contribution in [1.29, 1.82) is 0 Å². The largest absolute Gasteiger partial charge is 0.481 e. The van der Waals surface area contributed by atoms with Gasteiger partial charge in [-0.1, -0.05) is 33.6 Å². The van der Waals surface area contributed by atoms with Crippen LogP contribution in [0.4, 0.5) is 0 Å². The minimum Gasteiger partial charge on any atom is -0.481 e. The number of ether oxygens (including phenoxy) is 1. The third kappa shape index (κ3) is 8.13. The highest BCUT2D eigenvalue weighted by Gasteiger charge is 2.15. The van der Waals surface area contributed by atoms with E-state index in [1.165, 1.54) is 0 Å². The molecule has 0 spiro atoms. The van der Waals surface area contributed by atoms with Gasteiger partial charge < -0.3 is 10.1 Å². The van der Waals surface area contributed by atoms with Crippen molar-refractivity contribution in [2.45, 2.75) is 25.9 Å². The zero-order valence-corrected chi connectivity index (χ0v) is 18.0. The molecule has 1 unspecified atom stereocenters. The van der Waals surface area contributed by atoms with Crippen LogP contribution < -0.4 is 20.9 Å². The second-order valence-electron chi connectivity index (χ2n) is 6.12. The molecule has 1 atom stereocenters. The molecule has 0 saturated heterocycles. The molecule has 0 heterocycles. The van der Waals surface area contributed by atoms with Gasteiger partial charge in [-0.15, -0.1) is 0 Å². The van der Waals surface area contributed by atoms with E-state index in [2.05, 4.69) is 32.1 Å². The highest BCUT2D eigenvalue weighted by Crippen LogP contribution is 2.18. The van der Waals surface area contributed by atoms with Crippen molar-refractivity contribution < 1.29 is 19.1 Å². The summed E-state index contributed by atoms with van der Waals surface area (Å²) in [5.74, 6) is -0.554. The number of nitrogens with one attached hydrogen (secondary N) is 3. The molecule has 0 fully saturated rings. The number of benzene rings is 2. The van der Waals surface area contributed by atoms with Crippen molar-refractivity contribution in [1.82, 2.24) is 16.2 Å². The third-order valence-corrected chi connectivity index (χ3v) is 4.52. The summed E-state index contributed by atoms with van der Waals surface area (Å²) in [5.41, 5.74) is 5.15. The Balaban J connectivity index is 1.63. The van der Waals surface area contributed by atoms with Crippen molar-refractivity contribution in [2.24, 2.45) is 0 Å². The summed E-state index contributed by atoms with van der Waals surface area (Å²) in [5, 5.41) is 3.27. The van der Waals surface area contributed by atoms with Gasteiger partial charge in [-0.05, 0) is 55.8 Å². The first-order valence-corrected chi connectivity index (χ1v) is 10.1. The lowest BCUT2D eigenvalue weighted by Gasteiger charge is -2.15. The first-order chi connectivity index (χ1) is 13.8. The molecule has 0 aliphatic rings. The van der Waals surface area contributed by atoms with E-state index in [1.807, 2.05) is 6.07 Å². The molecular weight excluding hydrogens is 462 g/mol. The topological polar surface area (TPSA) is 96.5 Å². The standard InChI is InChI=1S/C20H21BrClN3O4/c1-13(29-17-5-2-4-15(21)12-17)19(27)25-24-18(26)6-3-11-23-20(28)14-7-9-16(22)10-8-14/h2,4-5,7-10,12-13H,3,6,11H2,1H3,(H,23,28)(H,24,26)(H,25,27). The maximum atomic E-state index is 12.0. The van der Waals surface area contributed by atoms with Crippen LogP contribution in [0.5, 0.6) is 5.75 Å². The molecule has 0 aliphatic heterocycles. The Morgan fingerprint density at radius 1 is 1.10 bits per heavy atom. The van der Waals surface area contributed by atoms with Crippen LogP contribution in [0.3, 0.4) is 0 Å². The zero-order valence-electron chi connectivity index (χ0n) is 15.7. The summed E-state index contributed by atoms with van der Waals surface area (Å²) in [6.45, 7) is 1.90.